The Hall–Kier alpha value is -1.52. The third-order valence-corrected chi connectivity index (χ3v) is 4.50. The van der Waals surface area contributed by atoms with Gasteiger partial charge in [0.15, 0.2) is 5.96 Å². The summed E-state index contributed by atoms with van der Waals surface area (Å²) in [5.74, 6) is 0.932. The maximum absolute atomic E-state index is 4.47. The molecule has 118 valence electrons. The number of hydrogen-bond acceptors (Lipinski definition) is 2. The highest BCUT2D eigenvalue weighted by molar-refractivity contribution is 5.79. The molecule has 1 aromatic heterocycles. The van der Waals surface area contributed by atoms with Gasteiger partial charge in [-0.15, -0.1) is 0 Å². The monoisotopic (exact) mass is 291 g/mol. The van der Waals surface area contributed by atoms with Crippen molar-refractivity contribution in [3.8, 4) is 0 Å². The summed E-state index contributed by atoms with van der Waals surface area (Å²) in [4.78, 5) is 4.34. The van der Waals surface area contributed by atoms with Crippen LogP contribution in [0.25, 0.3) is 0 Å². The van der Waals surface area contributed by atoms with Gasteiger partial charge in [-0.1, -0.05) is 19.3 Å². The van der Waals surface area contributed by atoms with Crippen LogP contribution in [0.2, 0.25) is 0 Å². The van der Waals surface area contributed by atoms with E-state index in [4.69, 9.17) is 0 Å². The Morgan fingerprint density at radius 2 is 2.00 bits per heavy atom. The van der Waals surface area contributed by atoms with Crippen LogP contribution in [0.15, 0.2) is 4.99 Å². The number of hydrogen-bond donors (Lipinski definition) is 2. The molecule has 1 fully saturated rings. The summed E-state index contributed by atoms with van der Waals surface area (Å²) in [5, 5.41) is 11.4. The van der Waals surface area contributed by atoms with Crippen molar-refractivity contribution in [3.63, 3.8) is 0 Å². The molecule has 0 radical (unpaired) electrons. The summed E-state index contributed by atoms with van der Waals surface area (Å²) >= 11 is 0. The van der Waals surface area contributed by atoms with E-state index in [2.05, 4.69) is 34.6 Å². The first-order valence-corrected chi connectivity index (χ1v) is 8.08. The normalized spacial score (nSPS) is 17.0. The molecular weight excluding hydrogens is 262 g/mol. The fraction of sp³-hybridized carbons (Fsp3) is 0.750. The summed E-state index contributed by atoms with van der Waals surface area (Å²) < 4.78 is 1.96. The average molecular weight is 291 g/mol. The van der Waals surface area contributed by atoms with Gasteiger partial charge in [-0.2, -0.15) is 5.10 Å². The van der Waals surface area contributed by atoms with E-state index in [0.717, 1.165) is 24.6 Å². The van der Waals surface area contributed by atoms with Gasteiger partial charge in [0.05, 0.1) is 5.69 Å². The zero-order valence-electron chi connectivity index (χ0n) is 13.9. The Morgan fingerprint density at radius 1 is 1.29 bits per heavy atom. The second-order valence-corrected chi connectivity index (χ2v) is 6.00. The van der Waals surface area contributed by atoms with Gasteiger partial charge in [0, 0.05) is 32.4 Å². The van der Waals surface area contributed by atoms with Gasteiger partial charge >= 0.3 is 0 Å². The van der Waals surface area contributed by atoms with E-state index >= 15 is 0 Å². The van der Waals surface area contributed by atoms with E-state index in [1.165, 1.54) is 43.4 Å². The Balaban J connectivity index is 1.80. The second-order valence-electron chi connectivity index (χ2n) is 6.00. The van der Waals surface area contributed by atoms with Crippen LogP contribution >= 0.6 is 0 Å². The standard InChI is InChI=1S/C16H29N5/c1-12-15(13(2)21(4)20-12)10-11-18-16(17-3)19-14-8-6-5-7-9-14/h14H,5-11H2,1-4H3,(H2,17,18,19). The maximum atomic E-state index is 4.47. The predicted molar refractivity (Wildman–Crippen MR) is 87.8 cm³/mol. The number of aromatic nitrogens is 2. The van der Waals surface area contributed by atoms with Crippen LogP contribution in [0.1, 0.15) is 49.1 Å². The summed E-state index contributed by atoms with van der Waals surface area (Å²) in [6, 6.07) is 0.590. The molecule has 0 bridgehead atoms. The van der Waals surface area contributed by atoms with Crippen molar-refractivity contribution in [2.45, 2.75) is 58.4 Å². The molecule has 5 nitrogen and oxygen atoms in total. The highest BCUT2D eigenvalue weighted by Gasteiger charge is 2.14. The molecule has 0 spiro atoms. The highest BCUT2D eigenvalue weighted by atomic mass is 15.3. The first kappa shape index (κ1) is 15.9. The first-order chi connectivity index (χ1) is 10.1. The molecule has 0 amide bonds. The Labute approximate surface area is 128 Å². The van der Waals surface area contributed by atoms with Crippen molar-refractivity contribution in [2.24, 2.45) is 12.0 Å². The van der Waals surface area contributed by atoms with Crippen LogP contribution in [0, 0.1) is 13.8 Å². The Bertz CT molecular complexity index is 483. The lowest BCUT2D eigenvalue weighted by molar-refractivity contribution is 0.410. The molecule has 21 heavy (non-hydrogen) atoms. The van der Waals surface area contributed by atoms with E-state index < -0.39 is 0 Å². The number of aliphatic imine (C=N–C) groups is 1. The van der Waals surface area contributed by atoms with Gasteiger partial charge in [-0.25, -0.2) is 0 Å². The summed E-state index contributed by atoms with van der Waals surface area (Å²) in [7, 11) is 3.85. The smallest absolute Gasteiger partial charge is 0.191 e. The summed E-state index contributed by atoms with van der Waals surface area (Å²) in [6.45, 7) is 5.10. The molecule has 2 rings (SSSR count). The molecule has 0 aromatic carbocycles. The fourth-order valence-corrected chi connectivity index (χ4v) is 3.12. The van der Waals surface area contributed by atoms with Crippen LogP contribution < -0.4 is 10.6 Å². The van der Waals surface area contributed by atoms with Crippen molar-refractivity contribution in [1.29, 1.82) is 0 Å². The SMILES string of the molecule is CN=C(NCCc1c(C)nn(C)c1C)NC1CCCCC1. The van der Waals surface area contributed by atoms with E-state index in [-0.39, 0.29) is 0 Å². The zero-order valence-corrected chi connectivity index (χ0v) is 13.9. The molecule has 1 aliphatic carbocycles. The Kier molecular flexibility index (Phi) is 5.65. The summed E-state index contributed by atoms with van der Waals surface area (Å²) in [6.07, 6.45) is 7.56. The largest absolute Gasteiger partial charge is 0.356 e. The predicted octanol–water partition coefficient (Wildman–Crippen LogP) is 2.08. The van der Waals surface area contributed by atoms with E-state index in [1.54, 1.807) is 0 Å². The van der Waals surface area contributed by atoms with E-state index in [1.807, 2.05) is 18.8 Å². The Morgan fingerprint density at radius 3 is 2.57 bits per heavy atom. The van der Waals surface area contributed by atoms with Gasteiger partial charge in [0.2, 0.25) is 0 Å². The fourth-order valence-electron chi connectivity index (χ4n) is 3.12. The maximum Gasteiger partial charge on any atom is 0.191 e. The molecule has 0 unspecified atom stereocenters. The first-order valence-electron chi connectivity index (χ1n) is 8.08. The molecule has 0 saturated heterocycles. The number of aryl methyl sites for hydroxylation is 2. The lowest BCUT2D eigenvalue weighted by Gasteiger charge is -2.24. The topological polar surface area (TPSA) is 54.2 Å². The minimum atomic E-state index is 0.590. The van der Waals surface area contributed by atoms with Crippen LogP contribution in [0.5, 0.6) is 0 Å². The number of nitrogens with zero attached hydrogens (tertiary/aromatic N) is 3. The van der Waals surface area contributed by atoms with Crippen molar-refractivity contribution in [2.75, 3.05) is 13.6 Å². The van der Waals surface area contributed by atoms with Gasteiger partial charge in [0.25, 0.3) is 0 Å². The molecule has 0 atom stereocenters. The van der Waals surface area contributed by atoms with Gasteiger partial charge < -0.3 is 10.6 Å². The highest BCUT2D eigenvalue weighted by Crippen LogP contribution is 2.17. The number of nitrogens with one attached hydrogen (secondary N) is 2. The number of guanidine groups is 1. The van der Waals surface area contributed by atoms with Gasteiger partial charge in [-0.3, -0.25) is 9.67 Å². The van der Waals surface area contributed by atoms with Crippen LogP contribution in [0.4, 0.5) is 0 Å². The lowest BCUT2D eigenvalue weighted by Crippen LogP contribution is -2.44. The van der Waals surface area contributed by atoms with Crippen molar-refractivity contribution in [1.82, 2.24) is 20.4 Å². The molecule has 2 N–H and O–H groups in total. The zero-order chi connectivity index (χ0) is 15.2. The molecule has 1 aromatic rings. The molecule has 1 saturated carbocycles. The third kappa shape index (κ3) is 4.22. The second kappa shape index (κ2) is 7.48. The molecule has 0 aliphatic heterocycles. The minimum absolute atomic E-state index is 0.590. The van der Waals surface area contributed by atoms with Crippen LogP contribution in [-0.4, -0.2) is 35.4 Å². The van der Waals surface area contributed by atoms with Gasteiger partial charge in [0.1, 0.15) is 0 Å². The number of rotatable bonds is 4. The molecule has 1 heterocycles. The quantitative estimate of drug-likeness (QED) is 0.659. The van der Waals surface area contributed by atoms with Crippen LogP contribution in [0.3, 0.4) is 0 Å². The minimum Gasteiger partial charge on any atom is -0.356 e. The lowest BCUT2D eigenvalue weighted by atomic mass is 9.96. The van der Waals surface area contributed by atoms with E-state index in [0.29, 0.717) is 6.04 Å². The molecule has 5 heteroatoms. The van der Waals surface area contributed by atoms with Crippen LogP contribution in [-0.2, 0) is 13.5 Å². The van der Waals surface area contributed by atoms with Crippen molar-refractivity contribution in [3.05, 3.63) is 17.0 Å². The summed E-state index contributed by atoms with van der Waals surface area (Å²) in [5.41, 5.74) is 3.73. The average Bonchev–Trinajstić information content (AvgIpc) is 2.73. The van der Waals surface area contributed by atoms with Crippen molar-refractivity contribution >= 4 is 5.96 Å². The molecule has 1 aliphatic rings. The van der Waals surface area contributed by atoms with Crippen molar-refractivity contribution < 1.29 is 0 Å². The molecular formula is C16H29N5. The third-order valence-electron chi connectivity index (χ3n) is 4.50. The van der Waals surface area contributed by atoms with Gasteiger partial charge in [-0.05, 0) is 38.7 Å². The van der Waals surface area contributed by atoms with E-state index in [9.17, 15) is 0 Å².